The predicted molar refractivity (Wildman–Crippen MR) is 68.9 cm³/mol. The van der Waals surface area contributed by atoms with Gasteiger partial charge in [0.25, 0.3) is 0 Å². The smallest absolute Gasteiger partial charge is 0.129 e. The summed E-state index contributed by atoms with van der Waals surface area (Å²) in [6.45, 7) is 4.50. The molecule has 17 heavy (non-hydrogen) atoms. The van der Waals surface area contributed by atoms with Crippen molar-refractivity contribution in [1.29, 1.82) is 0 Å². The van der Waals surface area contributed by atoms with Gasteiger partial charge in [-0.05, 0) is 38.1 Å². The molecule has 4 heteroatoms. The molecular weight excluding hydrogens is 234 g/mol. The van der Waals surface area contributed by atoms with E-state index in [1.54, 1.807) is 17.6 Å². The number of rotatable bonds is 5. The first-order chi connectivity index (χ1) is 8.16. The molecule has 0 bridgehead atoms. The van der Waals surface area contributed by atoms with Crippen molar-refractivity contribution in [2.45, 2.75) is 32.6 Å². The lowest BCUT2D eigenvalue weighted by Crippen LogP contribution is -2.26. The van der Waals surface area contributed by atoms with Gasteiger partial charge in [-0.25, -0.2) is 0 Å². The largest absolute Gasteiger partial charge is 0.467 e. The minimum Gasteiger partial charge on any atom is -0.467 e. The van der Waals surface area contributed by atoms with Gasteiger partial charge in [-0.15, -0.1) is 11.3 Å². The molecule has 2 aromatic heterocycles. The van der Waals surface area contributed by atoms with Crippen molar-refractivity contribution in [3.8, 4) is 0 Å². The van der Waals surface area contributed by atoms with Crippen LogP contribution < -0.4 is 5.73 Å². The highest BCUT2D eigenvalue weighted by Gasteiger charge is 2.19. The molecule has 0 saturated carbocycles. The Labute approximate surface area is 105 Å². The Bertz CT molecular complexity index is 448. The van der Waals surface area contributed by atoms with E-state index in [4.69, 9.17) is 14.9 Å². The fraction of sp³-hybridized carbons (Fsp3) is 0.385. The minimum atomic E-state index is -0.0706. The quantitative estimate of drug-likeness (QED) is 0.887. The van der Waals surface area contributed by atoms with Gasteiger partial charge in [-0.3, -0.25) is 0 Å². The predicted octanol–water partition coefficient (Wildman–Crippen LogP) is 3.25. The number of hydrogen-bond donors (Lipinski definition) is 1. The van der Waals surface area contributed by atoms with Gasteiger partial charge in [0, 0.05) is 15.8 Å². The Balaban J connectivity index is 2.03. The van der Waals surface area contributed by atoms with Gasteiger partial charge in [0.05, 0.1) is 6.26 Å². The van der Waals surface area contributed by atoms with Crippen LogP contribution in [-0.2, 0) is 11.3 Å². The van der Waals surface area contributed by atoms with Gasteiger partial charge >= 0.3 is 0 Å². The van der Waals surface area contributed by atoms with Gasteiger partial charge in [0.1, 0.15) is 18.5 Å². The van der Waals surface area contributed by atoms with E-state index in [1.807, 2.05) is 19.1 Å². The Morgan fingerprint density at radius 2 is 2.24 bits per heavy atom. The van der Waals surface area contributed by atoms with Crippen LogP contribution in [0.15, 0.2) is 34.9 Å². The second-order valence-electron chi connectivity index (χ2n) is 4.12. The van der Waals surface area contributed by atoms with E-state index in [1.165, 1.54) is 9.75 Å². The van der Waals surface area contributed by atoms with Crippen molar-refractivity contribution in [2.75, 3.05) is 0 Å². The summed E-state index contributed by atoms with van der Waals surface area (Å²) in [5, 5.41) is 0. The van der Waals surface area contributed by atoms with E-state index in [2.05, 4.69) is 19.1 Å². The topological polar surface area (TPSA) is 48.4 Å². The van der Waals surface area contributed by atoms with Crippen molar-refractivity contribution >= 4 is 11.3 Å². The lowest BCUT2D eigenvalue weighted by molar-refractivity contribution is 0.0192. The number of aryl methyl sites for hydroxylation is 1. The summed E-state index contributed by atoms with van der Waals surface area (Å²) < 4.78 is 11.1. The van der Waals surface area contributed by atoms with E-state index in [0.717, 1.165) is 5.76 Å². The molecule has 0 radical (unpaired) electrons. The van der Waals surface area contributed by atoms with Crippen LogP contribution in [0, 0.1) is 6.92 Å². The molecule has 92 valence electrons. The fourth-order valence-electron chi connectivity index (χ4n) is 1.67. The second kappa shape index (κ2) is 5.49. The summed E-state index contributed by atoms with van der Waals surface area (Å²) in [6, 6.07) is 7.89. The van der Waals surface area contributed by atoms with Crippen molar-refractivity contribution in [1.82, 2.24) is 0 Å². The van der Waals surface area contributed by atoms with E-state index in [0.29, 0.717) is 6.61 Å². The van der Waals surface area contributed by atoms with E-state index >= 15 is 0 Å². The lowest BCUT2D eigenvalue weighted by Gasteiger charge is -2.19. The second-order valence-corrected chi connectivity index (χ2v) is 5.44. The summed E-state index contributed by atoms with van der Waals surface area (Å²) in [5.41, 5.74) is 5.97. The van der Waals surface area contributed by atoms with Gasteiger partial charge < -0.3 is 14.9 Å². The molecule has 0 amide bonds. The zero-order valence-corrected chi connectivity index (χ0v) is 10.9. The molecule has 0 spiro atoms. The molecule has 0 aliphatic heterocycles. The van der Waals surface area contributed by atoms with Crippen LogP contribution in [-0.4, -0.2) is 6.04 Å². The molecule has 2 rings (SSSR count). The van der Waals surface area contributed by atoms with Crippen molar-refractivity contribution in [3.63, 3.8) is 0 Å². The summed E-state index contributed by atoms with van der Waals surface area (Å²) in [4.78, 5) is 2.44. The average Bonchev–Trinajstić information content (AvgIpc) is 2.90. The van der Waals surface area contributed by atoms with Gasteiger partial charge in [0.2, 0.25) is 0 Å². The van der Waals surface area contributed by atoms with Crippen LogP contribution in [0.4, 0.5) is 0 Å². The van der Waals surface area contributed by atoms with Crippen LogP contribution in [0.5, 0.6) is 0 Å². The van der Waals surface area contributed by atoms with E-state index in [9.17, 15) is 0 Å². The molecule has 0 aromatic carbocycles. The molecule has 0 saturated heterocycles. The summed E-state index contributed by atoms with van der Waals surface area (Å²) >= 11 is 1.73. The van der Waals surface area contributed by atoms with Gasteiger partial charge in [0.15, 0.2) is 0 Å². The first-order valence-corrected chi connectivity index (χ1v) is 6.44. The minimum absolute atomic E-state index is 0.0389. The maximum absolute atomic E-state index is 5.97. The number of thiophene rings is 1. The molecule has 0 aliphatic rings. The summed E-state index contributed by atoms with van der Waals surface area (Å²) in [6.07, 6.45) is 1.58. The molecular formula is C13H17NO2S. The summed E-state index contributed by atoms with van der Waals surface area (Å²) in [7, 11) is 0. The Kier molecular flexibility index (Phi) is 3.99. The summed E-state index contributed by atoms with van der Waals surface area (Å²) in [5.74, 6) is 0.823. The van der Waals surface area contributed by atoms with E-state index < -0.39 is 0 Å². The third-order valence-corrected chi connectivity index (χ3v) is 3.57. The third-order valence-electron chi connectivity index (χ3n) is 2.50. The monoisotopic (exact) mass is 251 g/mol. The van der Waals surface area contributed by atoms with Crippen LogP contribution in [0.1, 0.15) is 28.5 Å². The normalized spacial score (nSPS) is 14.8. The highest BCUT2D eigenvalue weighted by molar-refractivity contribution is 7.12. The third kappa shape index (κ3) is 3.19. The van der Waals surface area contributed by atoms with Crippen molar-refractivity contribution < 1.29 is 9.15 Å². The lowest BCUT2D eigenvalue weighted by atomic mass is 10.1. The zero-order chi connectivity index (χ0) is 12.3. The maximum Gasteiger partial charge on any atom is 0.129 e. The average molecular weight is 251 g/mol. The molecule has 3 nitrogen and oxygen atoms in total. The van der Waals surface area contributed by atoms with Crippen molar-refractivity contribution in [3.05, 3.63) is 46.0 Å². The van der Waals surface area contributed by atoms with Crippen LogP contribution in [0.25, 0.3) is 0 Å². The number of ether oxygens (including phenoxy) is 1. The molecule has 0 fully saturated rings. The Hall–Kier alpha value is -1.10. The first kappa shape index (κ1) is 12.4. The van der Waals surface area contributed by atoms with Crippen LogP contribution in [0.3, 0.4) is 0 Å². The maximum atomic E-state index is 5.97. The van der Waals surface area contributed by atoms with Crippen molar-refractivity contribution in [2.24, 2.45) is 5.73 Å². The van der Waals surface area contributed by atoms with E-state index in [-0.39, 0.29) is 12.1 Å². The highest BCUT2D eigenvalue weighted by atomic mass is 32.1. The zero-order valence-electron chi connectivity index (χ0n) is 10.1. The number of hydrogen-bond acceptors (Lipinski definition) is 4. The van der Waals surface area contributed by atoms with Crippen LogP contribution >= 0.6 is 11.3 Å². The molecule has 0 aliphatic carbocycles. The molecule has 2 atom stereocenters. The Morgan fingerprint density at radius 3 is 2.76 bits per heavy atom. The molecule has 2 aromatic rings. The number of nitrogens with two attached hydrogens (primary N) is 1. The first-order valence-electron chi connectivity index (χ1n) is 5.62. The fourth-order valence-corrected chi connectivity index (χ4v) is 2.71. The standard InChI is InChI=1S/C13H17NO2S/c1-9-5-6-12(17-9)13(10(2)14)16-8-11-4-3-7-15-11/h3-7,10,13H,8,14H2,1-2H3. The van der Waals surface area contributed by atoms with Gasteiger partial charge in [-0.2, -0.15) is 0 Å². The molecule has 2 unspecified atom stereocenters. The Morgan fingerprint density at radius 1 is 1.41 bits per heavy atom. The SMILES string of the molecule is Cc1ccc(C(OCc2ccco2)C(C)N)s1. The van der Waals surface area contributed by atoms with Crippen LogP contribution in [0.2, 0.25) is 0 Å². The molecule has 2 heterocycles. The van der Waals surface area contributed by atoms with Gasteiger partial charge in [-0.1, -0.05) is 0 Å². The number of furan rings is 1. The highest BCUT2D eigenvalue weighted by Crippen LogP contribution is 2.28. The molecule has 2 N–H and O–H groups in total.